The Morgan fingerprint density at radius 3 is 2.50 bits per heavy atom. The molecule has 0 radical (unpaired) electrons. The van der Waals surface area contributed by atoms with E-state index in [1.165, 1.54) is 7.11 Å². The standard InChI is InChI=1S/C12H10N2O4/c1-18-10-8(7-5-3-2-4-6-7)11(15)13-12(16)9(10)14-17/h2-6H,1H3,(H2,13,15,16). The molecule has 2 rings (SSSR count). The van der Waals surface area contributed by atoms with E-state index in [2.05, 4.69) is 10.2 Å². The van der Waals surface area contributed by atoms with Crippen molar-refractivity contribution < 1.29 is 9.84 Å². The summed E-state index contributed by atoms with van der Waals surface area (Å²) in [5, 5.41) is 12.4. The van der Waals surface area contributed by atoms with Crippen LogP contribution in [0.3, 0.4) is 0 Å². The number of ether oxygens (including phenoxy) is 1. The van der Waals surface area contributed by atoms with E-state index in [0.29, 0.717) is 5.56 Å². The van der Waals surface area contributed by atoms with Gasteiger partial charge in [0.05, 0.1) is 12.7 Å². The van der Waals surface area contributed by atoms with Gasteiger partial charge in [-0.15, -0.1) is 4.91 Å². The lowest BCUT2D eigenvalue weighted by Gasteiger charge is -2.10. The second-order valence-corrected chi connectivity index (χ2v) is 3.52. The number of pyridine rings is 1. The Morgan fingerprint density at radius 1 is 1.28 bits per heavy atom. The van der Waals surface area contributed by atoms with E-state index in [9.17, 15) is 14.8 Å². The number of aromatic amines is 1. The van der Waals surface area contributed by atoms with E-state index in [0.717, 1.165) is 0 Å². The fourth-order valence-corrected chi connectivity index (χ4v) is 1.71. The molecule has 0 saturated heterocycles. The number of aromatic hydroxyl groups is 1. The first kappa shape index (κ1) is 11.8. The van der Waals surface area contributed by atoms with Gasteiger partial charge in [0.25, 0.3) is 5.56 Å². The fraction of sp³-hybridized carbons (Fsp3) is 0.0833. The largest absolute Gasteiger partial charge is 0.494 e. The lowest BCUT2D eigenvalue weighted by Crippen LogP contribution is -2.07. The molecule has 0 aliphatic heterocycles. The van der Waals surface area contributed by atoms with Gasteiger partial charge >= 0.3 is 0 Å². The number of hydrogen-bond acceptors (Lipinski definition) is 5. The maximum absolute atomic E-state index is 11.4. The third kappa shape index (κ3) is 1.84. The lowest BCUT2D eigenvalue weighted by atomic mass is 10.1. The van der Waals surface area contributed by atoms with Gasteiger partial charge in [0.1, 0.15) is 0 Å². The monoisotopic (exact) mass is 246 g/mol. The summed E-state index contributed by atoms with van der Waals surface area (Å²) in [5.41, 5.74) is -0.353. The van der Waals surface area contributed by atoms with Crippen molar-refractivity contribution in [1.29, 1.82) is 0 Å². The molecule has 18 heavy (non-hydrogen) atoms. The van der Waals surface area contributed by atoms with Crippen LogP contribution < -0.4 is 10.3 Å². The van der Waals surface area contributed by atoms with Crippen molar-refractivity contribution in [2.45, 2.75) is 0 Å². The highest BCUT2D eigenvalue weighted by atomic mass is 16.5. The first-order valence-electron chi connectivity index (χ1n) is 5.11. The van der Waals surface area contributed by atoms with Gasteiger partial charge < -0.3 is 9.84 Å². The zero-order valence-corrected chi connectivity index (χ0v) is 9.51. The Balaban J connectivity index is 2.82. The second-order valence-electron chi connectivity index (χ2n) is 3.52. The van der Waals surface area contributed by atoms with Gasteiger partial charge in [0.15, 0.2) is 5.75 Å². The number of nitrogens with one attached hydrogen (secondary N) is 1. The van der Waals surface area contributed by atoms with Gasteiger partial charge in [-0.1, -0.05) is 30.3 Å². The number of benzene rings is 1. The Hall–Kier alpha value is -2.63. The number of nitroso groups, excluding NO2 is 1. The zero-order valence-electron chi connectivity index (χ0n) is 9.51. The van der Waals surface area contributed by atoms with Gasteiger partial charge in [0.2, 0.25) is 11.6 Å². The smallest absolute Gasteiger partial charge is 0.284 e. The van der Waals surface area contributed by atoms with Crippen LogP contribution in [0.2, 0.25) is 0 Å². The van der Waals surface area contributed by atoms with Crippen LogP contribution in [-0.4, -0.2) is 17.2 Å². The molecule has 0 bridgehead atoms. The topological polar surface area (TPSA) is 91.8 Å². The predicted molar refractivity (Wildman–Crippen MR) is 66.2 cm³/mol. The van der Waals surface area contributed by atoms with Crippen LogP contribution in [0.15, 0.2) is 40.3 Å². The molecule has 1 aromatic carbocycles. The Bertz CT molecular complexity index is 635. The van der Waals surface area contributed by atoms with Crippen LogP contribution in [0.4, 0.5) is 5.69 Å². The van der Waals surface area contributed by atoms with Crippen LogP contribution in [0.25, 0.3) is 11.1 Å². The van der Waals surface area contributed by atoms with Crippen LogP contribution in [0.5, 0.6) is 11.6 Å². The van der Waals surface area contributed by atoms with Gasteiger partial charge in [0, 0.05) is 0 Å². The van der Waals surface area contributed by atoms with Crippen molar-refractivity contribution in [3.05, 3.63) is 45.6 Å². The van der Waals surface area contributed by atoms with Crippen molar-refractivity contribution in [3.63, 3.8) is 0 Å². The van der Waals surface area contributed by atoms with E-state index in [4.69, 9.17) is 4.74 Å². The first-order chi connectivity index (χ1) is 8.69. The lowest BCUT2D eigenvalue weighted by molar-refractivity contribution is 0.406. The van der Waals surface area contributed by atoms with Gasteiger partial charge in [-0.25, -0.2) is 0 Å². The number of aromatic nitrogens is 1. The molecule has 2 N–H and O–H groups in total. The molecule has 6 heteroatoms. The van der Waals surface area contributed by atoms with Gasteiger partial charge in [-0.2, -0.15) is 0 Å². The maximum Gasteiger partial charge on any atom is 0.284 e. The molecule has 0 fully saturated rings. The highest BCUT2D eigenvalue weighted by molar-refractivity contribution is 5.80. The van der Waals surface area contributed by atoms with Crippen molar-refractivity contribution in [2.75, 3.05) is 7.11 Å². The maximum atomic E-state index is 11.4. The summed E-state index contributed by atoms with van der Waals surface area (Å²) in [6.07, 6.45) is 0. The SMILES string of the molecule is COc1c(-c2ccccc2)c(O)[nH]c(=O)c1N=O. The van der Waals surface area contributed by atoms with Crippen LogP contribution >= 0.6 is 0 Å². The van der Waals surface area contributed by atoms with Crippen molar-refractivity contribution in [1.82, 2.24) is 4.98 Å². The summed E-state index contributed by atoms with van der Waals surface area (Å²) >= 11 is 0. The molecule has 2 aromatic rings. The van der Waals surface area contributed by atoms with E-state index in [1.54, 1.807) is 30.3 Å². The second kappa shape index (κ2) is 4.70. The molecule has 0 aliphatic rings. The van der Waals surface area contributed by atoms with Crippen molar-refractivity contribution in [2.24, 2.45) is 5.18 Å². The quantitative estimate of drug-likeness (QED) is 0.811. The normalized spacial score (nSPS) is 10.1. The Morgan fingerprint density at radius 2 is 1.94 bits per heavy atom. The van der Waals surface area contributed by atoms with E-state index >= 15 is 0 Å². The molecule has 0 saturated carbocycles. The molecule has 6 nitrogen and oxygen atoms in total. The molecular formula is C12H10N2O4. The molecule has 0 amide bonds. The molecular weight excluding hydrogens is 236 g/mol. The van der Waals surface area contributed by atoms with Crippen molar-refractivity contribution >= 4 is 5.69 Å². The minimum atomic E-state index is -0.793. The van der Waals surface area contributed by atoms with E-state index < -0.39 is 11.2 Å². The number of nitrogens with zero attached hydrogens (tertiary/aromatic N) is 1. The third-order valence-corrected chi connectivity index (χ3v) is 2.48. The average molecular weight is 246 g/mol. The molecule has 0 aliphatic carbocycles. The number of rotatable bonds is 3. The van der Waals surface area contributed by atoms with Crippen LogP contribution in [0.1, 0.15) is 0 Å². The molecule has 0 spiro atoms. The summed E-state index contributed by atoms with van der Waals surface area (Å²) in [4.78, 5) is 24.3. The minimum absolute atomic E-state index is 0.0440. The van der Waals surface area contributed by atoms with Crippen molar-refractivity contribution in [3.8, 4) is 22.8 Å². The summed E-state index contributed by atoms with van der Waals surface area (Å²) < 4.78 is 5.01. The third-order valence-electron chi connectivity index (χ3n) is 2.48. The van der Waals surface area contributed by atoms with E-state index in [-0.39, 0.29) is 17.2 Å². The highest BCUT2D eigenvalue weighted by Crippen LogP contribution is 2.40. The minimum Gasteiger partial charge on any atom is -0.494 e. The number of hydrogen-bond donors (Lipinski definition) is 2. The predicted octanol–water partition coefficient (Wildman–Crippen LogP) is 2.15. The zero-order chi connectivity index (χ0) is 13.1. The number of methoxy groups -OCH3 is 1. The Kier molecular flexibility index (Phi) is 3.09. The summed E-state index contributed by atoms with van der Waals surface area (Å²) in [5.74, 6) is -0.409. The van der Waals surface area contributed by atoms with E-state index in [1.807, 2.05) is 0 Å². The van der Waals surface area contributed by atoms with Gasteiger partial charge in [-0.05, 0) is 10.7 Å². The van der Waals surface area contributed by atoms with Crippen LogP contribution in [0, 0.1) is 4.91 Å². The molecule has 0 atom stereocenters. The first-order valence-corrected chi connectivity index (χ1v) is 5.11. The summed E-state index contributed by atoms with van der Waals surface area (Å²) in [6.45, 7) is 0. The Labute approximate surface area is 102 Å². The molecule has 1 heterocycles. The van der Waals surface area contributed by atoms with Crippen LogP contribution in [-0.2, 0) is 0 Å². The molecule has 0 unspecified atom stereocenters. The fourth-order valence-electron chi connectivity index (χ4n) is 1.71. The summed E-state index contributed by atoms with van der Waals surface area (Å²) in [7, 11) is 1.30. The molecule has 92 valence electrons. The number of H-pyrrole nitrogens is 1. The van der Waals surface area contributed by atoms with Gasteiger partial charge in [-0.3, -0.25) is 9.78 Å². The molecule has 1 aromatic heterocycles. The summed E-state index contributed by atoms with van der Waals surface area (Å²) in [6, 6.07) is 8.74. The highest BCUT2D eigenvalue weighted by Gasteiger charge is 2.20. The average Bonchev–Trinajstić information content (AvgIpc) is 2.38.